The molecule has 0 heterocycles. The summed E-state index contributed by atoms with van der Waals surface area (Å²) in [5.74, 6) is -0.148. The molecule has 6 nitrogen and oxygen atoms in total. The number of sulfonamides is 1. The number of benzene rings is 2. The number of para-hydroxylation sites is 1. The first-order valence-corrected chi connectivity index (χ1v) is 11.8. The van der Waals surface area contributed by atoms with Gasteiger partial charge in [0.15, 0.2) is 0 Å². The molecular formula is C22H28ClNO5S. The Balaban J connectivity index is 2.08. The molecule has 0 amide bonds. The van der Waals surface area contributed by atoms with Crippen LogP contribution in [0.25, 0.3) is 0 Å². The third kappa shape index (κ3) is 7.63. The second-order valence-corrected chi connectivity index (χ2v) is 9.22. The average molecular weight is 454 g/mol. The van der Waals surface area contributed by atoms with Gasteiger partial charge in [-0.05, 0) is 43.2 Å². The molecule has 0 aromatic heterocycles. The van der Waals surface area contributed by atoms with E-state index in [0.717, 1.165) is 31.2 Å². The fourth-order valence-corrected chi connectivity index (χ4v) is 4.63. The molecule has 2 aromatic carbocycles. The summed E-state index contributed by atoms with van der Waals surface area (Å²) < 4.78 is 34.1. The highest BCUT2D eigenvalue weighted by Crippen LogP contribution is 2.30. The SMILES string of the molecule is COc1ccccc1C(CCCCCCCC(=O)O)NS(=O)(=O)c1ccc(Cl)cc1. The van der Waals surface area contributed by atoms with Crippen LogP contribution in [0.5, 0.6) is 5.75 Å². The Morgan fingerprint density at radius 2 is 1.67 bits per heavy atom. The molecule has 0 aliphatic heterocycles. The molecule has 164 valence electrons. The van der Waals surface area contributed by atoms with Crippen molar-refractivity contribution >= 4 is 27.6 Å². The maximum absolute atomic E-state index is 12.9. The van der Waals surface area contributed by atoms with Crippen molar-refractivity contribution in [1.82, 2.24) is 4.72 Å². The molecule has 0 saturated heterocycles. The van der Waals surface area contributed by atoms with Gasteiger partial charge in [0.2, 0.25) is 10.0 Å². The molecule has 0 radical (unpaired) electrons. The quantitative estimate of drug-likeness (QED) is 0.407. The van der Waals surface area contributed by atoms with Crippen LogP contribution in [-0.4, -0.2) is 26.6 Å². The number of halogens is 1. The number of aliphatic carboxylic acids is 1. The summed E-state index contributed by atoms with van der Waals surface area (Å²) in [6, 6.07) is 13.0. The van der Waals surface area contributed by atoms with Crippen molar-refractivity contribution in [2.24, 2.45) is 0 Å². The molecule has 0 saturated carbocycles. The predicted molar refractivity (Wildman–Crippen MR) is 117 cm³/mol. The second-order valence-electron chi connectivity index (χ2n) is 7.07. The number of hydrogen-bond donors (Lipinski definition) is 2. The monoisotopic (exact) mass is 453 g/mol. The van der Waals surface area contributed by atoms with E-state index < -0.39 is 22.0 Å². The number of hydrogen-bond acceptors (Lipinski definition) is 4. The topological polar surface area (TPSA) is 92.7 Å². The van der Waals surface area contributed by atoms with Gasteiger partial charge >= 0.3 is 5.97 Å². The molecule has 1 atom stereocenters. The molecule has 0 aliphatic rings. The zero-order valence-electron chi connectivity index (χ0n) is 17.0. The Bertz CT molecular complexity index is 915. The molecule has 8 heteroatoms. The van der Waals surface area contributed by atoms with Crippen LogP contribution in [0.2, 0.25) is 5.02 Å². The third-order valence-corrected chi connectivity index (χ3v) is 6.56. The first-order valence-electron chi connectivity index (χ1n) is 9.96. The smallest absolute Gasteiger partial charge is 0.303 e. The summed E-state index contributed by atoms with van der Waals surface area (Å²) in [5.41, 5.74) is 0.781. The van der Waals surface area contributed by atoms with Crippen LogP contribution in [0.15, 0.2) is 53.4 Å². The molecule has 0 aliphatic carbocycles. The van der Waals surface area contributed by atoms with Crippen molar-refractivity contribution in [3.05, 3.63) is 59.1 Å². The van der Waals surface area contributed by atoms with Crippen LogP contribution >= 0.6 is 11.6 Å². The Hall–Kier alpha value is -2.09. The fraction of sp³-hybridized carbons (Fsp3) is 0.409. The number of ether oxygens (including phenoxy) is 1. The van der Waals surface area contributed by atoms with Gasteiger partial charge in [-0.3, -0.25) is 4.79 Å². The van der Waals surface area contributed by atoms with Crippen molar-refractivity contribution in [3.8, 4) is 5.75 Å². The van der Waals surface area contributed by atoms with Crippen LogP contribution in [0, 0.1) is 0 Å². The lowest BCUT2D eigenvalue weighted by molar-refractivity contribution is -0.137. The molecule has 2 aromatic rings. The second kappa shape index (κ2) is 11.9. The number of methoxy groups -OCH3 is 1. The molecule has 30 heavy (non-hydrogen) atoms. The summed E-state index contributed by atoms with van der Waals surface area (Å²) in [6.45, 7) is 0. The predicted octanol–water partition coefficient (Wildman–Crippen LogP) is 5.18. The van der Waals surface area contributed by atoms with E-state index in [0.29, 0.717) is 23.6 Å². The van der Waals surface area contributed by atoms with E-state index in [2.05, 4.69) is 4.72 Å². The summed E-state index contributed by atoms with van der Waals surface area (Å²) in [6.07, 6.45) is 4.91. The summed E-state index contributed by atoms with van der Waals surface area (Å²) in [7, 11) is -2.18. The minimum atomic E-state index is -3.74. The van der Waals surface area contributed by atoms with E-state index in [-0.39, 0.29) is 11.3 Å². The molecule has 0 bridgehead atoms. The van der Waals surface area contributed by atoms with Crippen LogP contribution in [0.3, 0.4) is 0 Å². The Morgan fingerprint density at radius 1 is 1.03 bits per heavy atom. The Morgan fingerprint density at radius 3 is 2.33 bits per heavy atom. The lowest BCUT2D eigenvalue weighted by Crippen LogP contribution is -2.29. The van der Waals surface area contributed by atoms with E-state index in [1.165, 1.54) is 12.1 Å². The van der Waals surface area contributed by atoms with Crippen molar-refractivity contribution in [2.45, 2.75) is 55.9 Å². The van der Waals surface area contributed by atoms with Crippen molar-refractivity contribution in [2.75, 3.05) is 7.11 Å². The molecule has 0 spiro atoms. The van der Waals surface area contributed by atoms with Gasteiger partial charge in [0, 0.05) is 17.0 Å². The standard InChI is InChI=1S/C22H28ClNO5S/c1-29-21-11-8-7-9-19(21)20(10-5-3-2-4-6-12-22(25)26)24-30(27,28)18-15-13-17(23)14-16-18/h7-9,11,13-16,20,24H,2-6,10,12H2,1H3,(H,25,26). The fourth-order valence-electron chi connectivity index (χ4n) is 3.26. The van der Waals surface area contributed by atoms with Gasteiger partial charge in [0.05, 0.1) is 18.0 Å². The van der Waals surface area contributed by atoms with E-state index >= 15 is 0 Å². The van der Waals surface area contributed by atoms with Gasteiger partial charge in [0.1, 0.15) is 5.75 Å². The summed E-state index contributed by atoms with van der Waals surface area (Å²) >= 11 is 5.88. The Kier molecular flexibility index (Phi) is 9.62. The van der Waals surface area contributed by atoms with E-state index in [4.69, 9.17) is 21.4 Å². The first-order chi connectivity index (χ1) is 14.3. The first kappa shape index (κ1) is 24.2. The lowest BCUT2D eigenvalue weighted by atomic mass is 9.99. The van der Waals surface area contributed by atoms with Gasteiger partial charge in [-0.15, -0.1) is 0 Å². The van der Waals surface area contributed by atoms with Gasteiger partial charge in [-0.25, -0.2) is 13.1 Å². The molecule has 0 fully saturated rings. The molecule has 1 unspecified atom stereocenters. The number of rotatable bonds is 13. The van der Waals surface area contributed by atoms with Crippen LogP contribution < -0.4 is 9.46 Å². The highest BCUT2D eigenvalue weighted by atomic mass is 35.5. The number of carboxylic acids is 1. The van der Waals surface area contributed by atoms with Crippen molar-refractivity contribution < 1.29 is 23.1 Å². The minimum Gasteiger partial charge on any atom is -0.496 e. The lowest BCUT2D eigenvalue weighted by Gasteiger charge is -2.21. The van der Waals surface area contributed by atoms with Gasteiger partial charge < -0.3 is 9.84 Å². The zero-order valence-corrected chi connectivity index (χ0v) is 18.6. The van der Waals surface area contributed by atoms with Crippen LogP contribution in [0.1, 0.15) is 56.6 Å². The maximum Gasteiger partial charge on any atom is 0.303 e. The van der Waals surface area contributed by atoms with Crippen LogP contribution in [-0.2, 0) is 14.8 Å². The Labute approximate surface area is 183 Å². The van der Waals surface area contributed by atoms with Crippen LogP contribution in [0.4, 0.5) is 0 Å². The normalized spacial score (nSPS) is 12.5. The summed E-state index contributed by atoms with van der Waals surface area (Å²) in [5, 5.41) is 9.17. The largest absolute Gasteiger partial charge is 0.496 e. The number of nitrogens with one attached hydrogen (secondary N) is 1. The molecule has 2 rings (SSSR count). The molecule has 2 N–H and O–H groups in total. The number of unbranched alkanes of at least 4 members (excludes halogenated alkanes) is 4. The summed E-state index contributed by atoms with van der Waals surface area (Å²) in [4.78, 5) is 10.7. The van der Waals surface area contributed by atoms with E-state index in [1.54, 1.807) is 19.2 Å². The maximum atomic E-state index is 12.9. The zero-order chi connectivity index (χ0) is 22.0. The number of carboxylic acid groups (broad SMARTS) is 1. The van der Waals surface area contributed by atoms with Gasteiger partial charge in [-0.1, -0.05) is 55.5 Å². The minimum absolute atomic E-state index is 0.153. The van der Waals surface area contributed by atoms with E-state index in [1.807, 2.05) is 24.3 Å². The number of carbonyl (C=O) groups is 1. The van der Waals surface area contributed by atoms with Gasteiger partial charge in [0.25, 0.3) is 0 Å². The average Bonchev–Trinajstić information content (AvgIpc) is 2.72. The molecular weight excluding hydrogens is 426 g/mol. The van der Waals surface area contributed by atoms with E-state index in [9.17, 15) is 13.2 Å². The van der Waals surface area contributed by atoms with Crippen molar-refractivity contribution in [1.29, 1.82) is 0 Å². The third-order valence-electron chi connectivity index (χ3n) is 4.82. The van der Waals surface area contributed by atoms with Crippen molar-refractivity contribution in [3.63, 3.8) is 0 Å². The highest BCUT2D eigenvalue weighted by Gasteiger charge is 2.23. The van der Waals surface area contributed by atoms with Gasteiger partial charge in [-0.2, -0.15) is 0 Å². The highest BCUT2D eigenvalue weighted by molar-refractivity contribution is 7.89.